The molecule has 0 aromatic carbocycles. The van der Waals surface area contributed by atoms with Crippen LogP contribution in [0.5, 0.6) is 0 Å². The van der Waals surface area contributed by atoms with E-state index in [-0.39, 0.29) is 0 Å². The number of amides is 3. The molecule has 0 spiro atoms. The first kappa shape index (κ1) is 10.3. The molecule has 1 heterocycles. The van der Waals surface area contributed by atoms with E-state index in [1.807, 2.05) is 5.32 Å². The van der Waals surface area contributed by atoms with E-state index in [2.05, 4.69) is 5.32 Å². The van der Waals surface area contributed by atoms with E-state index in [0.717, 1.165) is 0 Å². The van der Waals surface area contributed by atoms with Gasteiger partial charge in [0.1, 0.15) is 5.54 Å². The molecule has 13 heavy (non-hydrogen) atoms. The maximum Gasteiger partial charge on any atom is 0.322 e. The SMILES string of the molecule is C[C@@]1(CS(=O)(=O)Cl)NC(=O)NC1=O. The zero-order chi connectivity index (χ0) is 10.3. The van der Waals surface area contributed by atoms with Crippen LogP contribution in [0.4, 0.5) is 4.79 Å². The number of imide groups is 1. The number of carbonyl (C=O) groups excluding carboxylic acids is 2. The number of urea groups is 1. The third-order valence-corrected chi connectivity index (χ3v) is 2.83. The molecule has 2 N–H and O–H groups in total. The lowest BCUT2D eigenvalue weighted by Crippen LogP contribution is -2.48. The average molecular weight is 227 g/mol. The molecule has 1 saturated heterocycles. The van der Waals surface area contributed by atoms with Crippen molar-refractivity contribution in [3.05, 3.63) is 0 Å². The van der Waals surface area contributed by atoms with Crippen LogP contribution in [0.2, 0.25) is 0 Å². The van der Waals surface area contributed by atoms with Crippen LogP contribution >= 0.6 is 10.7 Å². The minimum atomic E-state index is -3.83. The van der Waals surface area contributed by atoms with E-state index in [0.29, 0.717) is 0 Å². The number of nitrogens with one attached hydrogen (secondary N) is 2. The first-order chi connectivity index (χ1) is 5.73. The highest BCUT2D eigenvalue weighted by Crippen LogP contribution is 2.14. The third kappa shape index (κ3) is 2.31. The Hall–Kier alpha value is -0.820. The third-order valence-electron chi connectivity index (χ3n) is 1.58. The zero-order valence-corrected chi connectivity index (χ0v) is 8.20. The Kier molecular flexibility index (Phi) is 2.25. The van der Waals surface area contributed by atoms with Gasteiger partial charge in [0, 0.05) is 10.7 Å². The van der Waals surface area contributed by atoms with Gasteiger partial charge in [0.2, 0.25) is 9.05 Å². The van der Waals surface area contributed by atoms with Crippen LogP contribution in [-0.4, -0.2) is 31.6 Å². The van der Waals surface area contributed by atoms with Gasteiger partial charge in [0.25, 0.3) is 5.91 Å². The van der Waals surface area contributed by atoms with Crippen LogP contribution in [0.3, 0.4) is 0 Å². The van der Waals surface area contributed by atoms with Gasteiger partial charge in [-0.1, -0.05) is 0 Å². The van der Waals surface area contributed by atoms with E-state index in [4.69, 9.17) is 10.7 Å². The van der Waals surface area contributed by atoms with Gasteiger partial charge in [0.05, 0.1) is 5.75 Å². The van der Waals surface area contributed by atoms with Gasteiger partial charge >= 0.3 is 6.03 Å². The van der Waals surface area contributed by atoms with Gasteiger partial charge in [-0.3, -0.25) is 10.1 Å². The van der Waals surface area contributed by atoms with Crippen LogP contribution in [0, 0.1) is 0 Å². The Labute approximate surface area is 79.0 Å². The van der Waals surface area contributed by atoms with E-state index in [1.54, 1.807) is 0 Å². The van der Waals surface area contributed by atoms with Crippen LogP contribution in [-0.2, 0) is 13.8 Å². The van der Waals surface area contributed by atoms with E-state index >= 15 is 0 Å². The number of hydrogen-bond donors (Lipinski definition) is 2. The highest BCUT2D eigenvalue weighted by atomic mass is 35.7. The molecule has 1 fully saturated rings. The second kappa shape index (κ2) is 2.85. The predicted molar refractivity (Wildman–Crippen MR) is 44.7 cm³/mol. The van der Waals surface area contributed by atoms with Crippen molar-refractivity contribution < 1.29 is 18.0 Å². The summed E-state index contributed by atoms with van der Waals surface area (Å²) in [5, 5.41) is 4.09. The first-order valence-electron chi connectivity index (χ1n) is 3.29. The Balaban J connectivity index is 2.90. The van der Waals surface area contributed by atoms with Crippen molar-refractivity contribution in [2.75, 3.05) is 5.75 Å². The van der Waals surface area contributed by atoms with E-state index in [9.17, 15) is 18.0 Å². The minimum absolute atomic E-state index is 0.626. The van der Waals surface area contributed by atoms with Gasteiger partial charge in [-0.2, -0.15) is 0 Å². The molecule has 0 aliphatic carbocycles. The van der Waals surface area contributed by atoms with Crippen LogP contribution in [0.1, 0.15) is 6.92 Å². The quantitative estimate of drug-likeness (QED) is 0.474. The summed E-state index contributed by atoms with van der Waals surface area (Å²) in [6, 6.07) is -0.715. The van der Waals surface area contributed by atoms with Crippen molar-refractivity contribution in [1.29, 1.82) is 0 Å². The van der Waals surface area contributed by atoms with E-state index in [1.165, 1.54) is 6.92 Å². The van der Waals surface area contributed by atoms with Crippen LogP contribution in [0.25, 0.3) is 0 Å². The van der Waals surface area contributed by atoms with Gasteiger partial charge in [-0.15, -0.1) is 0 Å². The molecular weight excluding hydrogens is 220 g/mol. The van der Waals surface area contributed by atoms with Crippen LogP contribution in [0.15, 0.2) is 0 Å². The Morgan fingerprint density at radius 1 is 1.46 bits per heavy atom. The summed E-state index contributed by atoms with van der Waals surface area (Å²) in [6.07, 6.45) is 0. The molecule has 1 aliphatic heterocycles. The lowest BCUT2D eigenvalue weighted by molar-refractivity contribution is -0.122. The molecular formula is C5H7ClN2O4S. The summed E-state index contributed by atoms with van der Waals surface area (Å²) >= 11 is 0. The summed E-state index contributed by atoms with van der Waals surface area (Å²) < 4.78 is 21.4. The molecule has 0 aromatic rings. The second-order valence-electron chi connectivity index (χ2n) is 2.92. The maximum absolute atomic E-state index is 11.1. The zero-order valence-electron chi connectivity index (χ0n) is 6.63. The molecule has 74 valence electrons. The van der Waals surface area contributed by atoms with Crippen LogP contribution < -0.4 is 10.6 Å². The fraction of sp³-hybridized carbons (Fsp3) is 0.600. The fourth-order valence-corrected chi connectivity index (χ4v) is 2.57. The summed E-state index contributed by atoms with van der Waals surface area (Å²) in [5.41, 5.74) is -1.46. The average Bonchev–Trinajstić information content (AvgIpc) is 2.00. The monoisotopic (exact) mass is 226 g/mol. The summed E-state index contributed by atoms with van der Waals surface area (Å²) in [5.74, 6) is -1.32. The van der Waals surface area contributed by atoms with Crippen molar-refractivity contribution in [2.45, 2.75) is 12.5 Å². The molecule has 8 heteroatoms. The molecule has 3 amide bonds. The molecule has 1 atom stereocenters. The van der Waals surface area contributed by atoms with E-state index < -0.39 is 32.3 Å². The first-order valence-corrected chi connectivity index (χ1v) is 5.77. The lowest BCUT2D eigenvalue weighted by Gasteiger charge is -2.17. The van der Waals surface area contributed by atoms with Crippen molar-refractivity contribution in [3.63, 3.8) is 0 Å². The number of halogens is 1. The topological polar surface area (TPSA) is 92.3 Å². The van der Waals surface area contributed by atoms with Crippen molar-refractivity contribution >= 4 is 31.7 Å². The largest absolute Gasteiger partial charge is 0.322 e. The maximum atomic E-state index is 11.1. The van der Waals surface area contributed by atoms with Crippen molar-refractivity contribution in [3.8, 4) is 0 Å². The highest BCUT2D eigenvalue weighted by molar-refractivity contribution is 8.13. The smallest absolute Gasteiger partial charge is 0.322 e. The Morgan fingerprint density at radius 2 is 2.00 bits per heavy atom. The molecule has 0 unspecified atom stereocenters. The molecule has 1 aliphatic rings. The van der Waals surface area contributed by atoms with Gasteiger partial charge < -0.3 is 5.32 Å². The minimum Gasteiger partial charge on any atom is -0.322 e. The number of rotatable bonds is 2. The normalized spacial score (nSPS) is 28.5. The molecule has 0 aromatic heterocycles. The van der Waals surface area contributed by atoms with Gasteiger partial charge in [0.15, 0.2) is 0 Å². The molecule has 0 saturated carbocycles. The second-order valence-corrected chi connectivity index (χ2v) is 5.70. The summed E-state index contributed by atoms with van der Waals surface area (Å²) in [6.45, 7) is 1.28. The summed E-state index contributed by atoms with van der Waals surface area (Å²) in [4.78, 5) is 21.7. The molecule has 0 radical (unpaired) electrons. The number of hydrogen-bond acceptors (Lipinski definition) is 4. The summed E-state index contributed by atoms with van der Waals surface area (Å²) in [7, 11) is 1.13. The standard InChI is InChI=1S/C5H7ClN2O4S/c1-5(2-13(6,11)12)3(9)7-4(10)8-5/h2H2,1H3,(H2,7,8,9,10)/t5-/m0/s1. The molecule has 0 bridgehead atoms. The molecule has 1 rings (SSSR count). The lowest BCUT2D eigenvalue weighted by atomic mass is 10.1. The Morgan fingerprint density at radius 3 is 2.31 bits per heavy atom. The molecule has 6 nitrogen and oxygen atoms in total. The van der Waals surface area contributed by atoms with Crippen molar-refractivity contribution in [1.82, 2.24) is 10.6 Å². The fourth-order valence-electron chi connectivity index (χ4n) is 1.03. The Bertz CT molecular complexity index is 365. The highest BCUT2D eigenvalue weighted by Gasteiger charge is 2.44. The number of carbonyl (C=O) groups is 2. The van der Waals surface area contributed by atoms with Gasteiger partial charge in [-0.05, 0) is 6.92 Å². The van der Waals surface area contributed by atoms with Gasteiger partial charge in [-0.25, -0.2) is 13.2 Å². The predicted octanol–water partition coefficient (Wildman–Crippen LogP) is -0.847. The van der Waals surface area contributed by atoms with Crippen molar-refractivity contribution in [2.24, 2.45) is 0 Å².